The minimum atomic E-state index is -5.84. The summed E-state index contributed by atoms with van der Waals surface area (Å²) < 4.78 is 66.8. The molecule has 2 N–H and O–H groups in total. The Labute approximate surface area is 229 Å². The van der Waals surface area contributed by atoms with Crippen LogP contribution in [0.2, 0.25) is 10.0 Å². The molecule has 192 valence electrons. The highest BCUT2D eigenvalue weighted by Crippen LogP contribution is 2.46. The average molecular weight is 693 g/mol. The summed E-state index contributed by atoms with van der Waals surface area (Å²) in [4.78, 5) is 22.4. The fourth-order valence-electron chi connectivity index (χ4n) is 3.28. The smallest absolute Gasteiger partial charge is 0.480 e. The molecule has 0 saturated carbocycles. The van der Waals surface area contributed by atoms with E-state index in [-0.39, 0.29) is 48.1 Å². The van der Waals surface area contributed by atoms with E-state index in [2.05, 4.69) is 37.2 Å². The van der Waals surface area contributed by atoms with Crippen molar-refractivity contribution < 1.29 is 36.3 Å². The number of amides is 1. The van der Waals surface area contributed by atoms with Crippen LogP contribution >= 0.6 is 55.1 Å². The maximum absolute atomic E-state index is 13.6. The lowest BCUT2D eigenvalue weighted by molar-refractivity contribution is -0.135. The lowest BCUT2D eigenvalue weighted by atomic mass is 10.1. The molecular weight excluding hydrogens is 680 g/mol. The number of alkyl halides is 3. The van der Waals surface area contributed by atoms with Gasteiger partial charge in [0.1, 0.15) is 16.0 Å². The van der Waals surface area contributed by atoms with Gasteiger partial charge < -0.3 is 15.0 Å². The van der Waals surface area contributed by atoms with Crippen LogP contribution in [-0.2, 0) is 21.2 Å². The third-order valence-corrected chi connectivity index (χ3v) is 9.26. The molecule has 15 heteroatoms. The summed E-state index contributed by atoms with van der Waals surface area (Å²) in [5.74, 6) is -2.06. The molecule has 3 rings (SSSR count). The van der Waals surface area contributed by atoms with E-state index in [1.807, 2.05) is 0 Å². The van der Waals surface area contributed by atoms with Crippen molar-refractivity contribution in [3.8, 4) is 11.3 Å². The van der Waals surface area contributed by atoms with Crippen LogP contribution in [0.5, 0.6) is 0 Å². The zero-order valence-electron chi connectivity index (χ0n) is 17.5. The van der Waals surface area contributed by atoms with Crippen molar-refractivity contribution in [1.29, 1.82) is 0 Å². The van der Waals surface area contributed by atoms with E-state index < -0.39 is 38.7 Å². The van der Waals surface area contributed by atoms with E-state index in [0.29, 0.717) is 0 Å². The van der Waals surface area contributed by atoms with Gasteiger partial charge in [0.05, 0.1) is 10.2 Å². The molecule has 7 nitrogen and oxygen atoms in total. The number of nitrogens with one attached hydrogen (secondary N) is 1. The highest BCUT2D eigenvalue weighted by molar-refractivity contribution is 9.13. The number of carboxylic acid groups (broad SMARTS) is 1. The van der Waals surface area contributed by atoms with Gasteiger partial charge in [0.2, 0.25) is 0 Å². The summed E-state index contributed by atoms with van der Waals surface area (Å²) in [6.07, 6.45) is 0. The van der Waals surface area contributed by atoms with Crippen LogP contribution in [0.3, 0.4) is 0 Å². The Morgan fingerprint density at radius 3 is 2.17 bits per heavy atom. The Bertz CT molecular complexity index is 1460. The first-order chi connectivity index (χ1) is 16.6. The van der Waals surface area contributed by atoms with Crippen molar-refractivity contribution in [2.24, 2.45) is 0 Å². The molecule has 1 aromatic heterocycles. The topological polar surface area (TPSA) is 105 Å². The van der Waals surface area contributed by atoms with Crippen LogP contribution in [0, 0.1) is 0 Å². The van der Waals surface area contributed by atoms with Gasteiger partial charge >= 0.3 is 11.5 Å². The molecule has 0 fully saturated rings. The second-order valence-electron chi connectivity index (χ2n) is 7.20. The normalized spacial score (nSPS) is 12.0. The highest BCUT2D eigenvalue weighted by Gasteiger charge is 2.50. The third kappa shape index (κ3) is 5.75. The molecule has 0 spiro atoms. The van der Waals surface area contributed by atoms with E-state index in [4.69, 9.17) is 28.3 Å². The van der Waals surface area contributed by atoms with Gasteiger partial charge in [0, 0.05) is 22.2 Å². The number of aromatic nitrogens is 1. The number of halogens is 7. The predicted molar refractivity (Wildman–Crippen MR) is 134 cm³/mol. The minimum absolute atomic E-state index is 0.0142. The summed E-state index contributed by atoms with van der Waals surface area (Å²) in [5, 5.41) is 11.5. The molecule has 1 amide bonds. The lowest BCUT2D eigenvalue weighted by Gasteiger charge is -2.16. The Kier molecular flexibility index (Phi) is 8.50. The van der Waals surface area contributed by atoms with Gasteiger partial charge in [-0.1, -0.05) is 35.3 Å². The Morgan fingerprint density at radius 1 is 1.03 bits per heavy atom. The number of rotatable bonds is 7. The molecule has 0 bridgehead atoms. The van der Waals surface area contributed by atoms with Crippen LogP contribution in [0.1, 0.15) is 15.9 Å². The van der Waals surface area contributed by atoms with Crippen molar-refractivity contribution in [3.63, 3.8) is 0 Å². The Balaban J connectivity index is 2.28. The monoisotopic (exact) mass is 690 g/mol. The first kappa shape index (κ1) is 28.5. The van der Waals surface area contributed by atoms with Crippen LogP contribution in [0.4, 0.5) is 13.2 Å². The fourth-order valence-corrected chi connectivity index (χ4v) is 6.32. The first-order valence-electron chi connectivity index (χ1n) is 9.58. The summed E-state index contributed by atoms with van der Waals surface area (Å²) in [6.45, 7) is -0.995. The number of hydrogen-bond acceptors (Lipinski definition) is 4. The van der Waals surface area contributed by atoms with Crippen LogP contribution in [0.15, 0.2) is 56.4 Å². The lowest BCUT2D eigenvalue weighted by Crippen LogP contribution is -2.30. The van der Waals surface area contributed by atoms with Crippen LogP contribution in [-0.4, -0.2) is 42.0 Å². The maximum atomic E-state index is 13.6. The van der Waals surface area contributed by atoms with E-state index in [9.17, 15) is 31.2 Å². The number of carbonyl (C=O) groups excluding carboxylic acids is 1. The molecule has 0 atom stereocenters. The molecule has 0 radical (unpaired) electrons. The molecule has 1 heterocycles. The summed E-state index contributed by atoms with van der Waals surface area (Å²) in [6, 6.07) is 9.51. The van der Waals surface area contributed by atoms with E-state index in [0.717, 1.165) is 0 Å². The Morgan fingerprint density at radius 2 is 1.61 bits per heavy atom. The highest BCUT2D eigenvalue weighted by atomic mass is 79.9. The quantitative estimate of drug-likeness (QED) is 0.310. The number of carbonyl (C=O) groups is 2. The largest absolute Gasteiger partial charge is 0.502 e. The number of benzene rings is 2. The number of sulfone groups is 1. The zero-order chi connectivity index (χ0) is 27.0. The molecule has 0 aliphatic rings. The first-order valence-corrected chi connectivity index (χ1v) is 13.4. The second-order valence-corrected chi connectivity index (χ2v) is 11.5. The second kappa shape index (κ2) is 10.7. The summed E-state index contributed by atoms with van der Waals surface area (Å²) >= 11 is 18.1. The standard InChI is InChI=1S/C21H13Br2Cl2F3N2O5S/c22-16-18(36(34,35)21(26,27)28)17(10-1-3-12(24)4-2-10)30(19(16)23)9-11-7-13(25)5-6-14(11)20(33)29-8-15(31)32/h1-7H,8-9H2,(H,29,33)(H,31,32). The Hall–Kier alpha value is -2.06. The third-order valence-electron chi connectivity index (χ3n) is 4.83. The maximum Gasteiger partial charge on any atom is 0.502 e. The van der Waals surface area contributed by atoms with Gasteiger partial charge in [-0.2, -0.15) is 13.2 Å². The molecule has 36 heavy (non-hydrogen) atoms. The van der Waals surface area contributed by atoms with Crippen LogP contribution < -0.4 is 5.32 Å². The molecule has 3 aromatic rings. The van der Waals surface area contributed by atoms with Crippen molar-refractivity contribution in [1.82, 2.24) is 9.88 Å². The van der Waals surface area contributed by atoms with Crippen molar-refractivity contribution >= 4 is 76.8 Å². The number of nitrogens with zero attached hydrogens (tertiary/aromatic N) is 1. The molecule has 0 aliphatic heterocycles. The van der Waals surface area contributed by atoms with E-state index in [1.54, 1.807) is 0 Å². The molecule has 0 saturated heterocycles. The predicted octanol–water partition coefficient (Wildman–Crippen LogP) is 6.14. The van der Waals surface area contributed by atoms with Gasteiger partial charge in [-0.3, -0.25) is 9.59 Å². The SMILES string of the molecule is O=C(O)CNC(=O)c1ccc(Cl)cc1Cn1c(Br)c(Br)c(S(=O)(=O)C(F)(F)F)c1-c1ccc(Cl)cc1. The van der Waals surface area contributed by atoms with Gasteiger partial charge in [0.25, 0.3) is 15.7 Å². The molecule has 0 unspecified atom stereocenters. The summed E-state index contributed by atoms with van der Waals surface area (Å²) in [5.41, 5.74) is -5.69. The number of hydrogen-bond donors (Lipinski definition) is 2. The zero-order valence-corrected chi connectivity index (χ0v) is 23.0. The van der Waals surface area contributed by atoms with Gasteiger partial charge in [-0.05, 0) is 73.3 Å². The summed E-state index contributed by atoms with van der Waals surface area (Å²) in [7, 11) is -5.84. The van der Waals surface area contributed by atoms with Crippen molar-refractivity contribution in [3.05, 3.63) is 72.7 Å². The van der Waals surface area contributed by atoms with Crippen molar-refractivity contribution in [2.75, 3.05) is 6.54 Å². The van der Waals surface area contributed by atoms with Crippen molar-refractivity contribution in [2.45, 2.75) is 16.9 Å². The van der Waals surface area contributed by atoms with Gasteiger partial charge in [-0.25, -0.2) is 8.42 Å². The number of carboxylic acids is 1. The van der Waals surface area contributed by atoms with E-state index in [1.165, 1.54) is 47.0 Å². The average Bonchev–Trinajstić information content (AvgIpc) is 3.03. The van der Waals surface area contributed by atoms with Crippen LogP contribution in [0.25, 0.3) is 11.3 Å². The number of aliphatic carboxylic acids is 1. The minimum Gasteiger partial charge on any atom is -0.480 e. The molecule has 2 aromatic carbocycles. The fraction of sp³-hybridized carbons (Fsp3) is 0.143. The van der Waals surface area contributed by atoms with E-state index >= 15 is 0 Å². The molecule has 0 aliphatic carbocycles. The van der Waals surface area contributed by atoms with Gasteiger partial charge in [-0.15, -0.1) is 0 Å². The van der Waals surface area contributed by atoms with Gasteiger partial charge in [0.15, 0.2) is 0 Å². The molecular formula is C21H13Br2Cl2F3N2O5S.